The van der Waals surface area contributed by atoms with Gasteiger partial charge in [0.15, 0.2) is 6.61 Å². The van der Waals surface area contributed by atoms with Gasteiger partial charge in [-0.15, -0.1) is 0 Å². The number of phenolic OH excluding ortho intramolecular Hbond substituents is 1. The van der Waals surface area contributed by atoms with E-state index in [1.807, 2.05) is 18.2 Å². The molecule has 0 heterocycles. The van der Waals surface area contributed by atoms with Crippen LogP contribution in [0, 0.1) is 0 Å². The van der Waals surface area contributed by atoms with Crippen LogP contribution in [-0.2, 0) is 4.79 Å². The van der Waals surface area contributed by atoms with Gasteiger partial charge in [0.2, 0.25) is 0 Å². The summed E-state index contributed by atoms with van der Waals surface area (Å²) < 4.78 is 7.09. The van der Waals surface area contributed by atoms with Gasteiger partial charge < -0.3 is 9.84 Å². The third kappa shape index (κ3) is 5.86. The number of rotatable bonds is 6. The predicted molar refractivity (Wildman–Crippen MR) is 105 cm³/mol. The number of ether oxygens (including phenoxy) is 1. The number of hydrogen-bond acceptors (Lipinski definition) is 4. The van der Waals surface area contributed by atoms with Crippen LogP contribution < -0.4 is 10.2 Å². The average molecular weight is 470 g/mol. The Hall–Kier alpha value is -1.86. The Bertz CT molecular complexity index is 792. The molecule has 0 aliphatic heterocycles. The maximum Gasteiger partial charge on any atom is 0.277 e. The summed E-state index contributed by atoms with van der Waals surface area (Å²) in [4.78, 5) is 11.8. The van der Waals surface area contributed by atoms with Crippen molar-refractivity contribution in [3.8, 4) is 11.5 Å². The summed E-state index contributed by atoms with van der Waals surface area (Å²) in [5.41, 5.74) is 4.03. The molecule has 0 atom stereocenters. The van der Waals surface area contributed by atoms with Crippen molar-refractivity contribution in [2.24, 2.45) is 5.10 Å². The molecular weight excluding hydrogens is 452 g/mol. The van der Waals surface area contributed by atoms with E-state index in [1.54, 1.807) is 12.1 Å². The van der Waals surface area contributed by atoms with Gasteiger partial charge in [0.25, 0.3) is 5.91 Å². The first-order valence-corrected chi connectivity index (χ1v) is 9.18. The lowest BCUT2D eigenvalue weighted by atomic mass is 10.0. The largest absolute Gasteiger partial charge is 0.507 e. The van der Waals surface area contributed by atoms with Gasteiger partial charge in [0.1, 0.15) is 11.5 Å². The number of halogens is 2. The number of nitrogens with one attached hydrogen (secondary N) is 1. The van der Waals surface area contributed by atoms with Crippen molar-refractivity contribution in [3.63, 3.8) is 0 Å². The number of hydrazone groups is 1. The molecule has 0 aliphatic rings. The molecule has 2 aromatic rings. The number of carbonyl (C=O) groups is 1. The molecule has 0 aromatic heterocycles. The maximum absolute atomic E-state index is 11.8. The quantitative estimate of drug-likeness (QED) is 0.480. The zero-order chi connectivity index (χ0) is 18.4. The van der Waals surface area contributed by atoms with Crippen molar-refractivity contribution in [2.75, 3.05) is 6.61 Å². The number of phenols is 1. The van der Waals surface area contributed by atoms with E-state index in [0.717, 1.165) is 8.95 Å². The summed E-state index contributed by atoms with van der Waals surface area (Å²) in [6.45, 7) is 4.05. The highest BCUT2D eigenvalue weighted by Gasteiger charge is 2.08. The molecular formula is C18H18Br2N2O3. The fraction of sp³-hybridized carbons (Fsp3) is 0.222. The summed E-state index contributed by atoms with van der Waals surface area (Å²) in [7, 11) is 0. The number of hydrogen-bond donors (Lipinski definition) is 2. The smallest absolute Gasteiger partial charge is 0.277 e. The SMILES string of the molecule is CC(C)c1ccc(OCC(=O)N/N=C/c2cc(Br)ccc2O)c(Br)c1. The molecule has 2 N–H and O–H groups in total. The Kier molecular flexibility index (Phi) is 7.01. The highest BCUT2D eigenvalue weighted by Crippen LogP contribution is 2.28. The third-order valence-corrected chi connectivity index (χ3v) is 4.48. The predicted octanol–water partition coefficient (Wildman–Crippen LogP) is 4.57. The van der Waals surface area contributed by atoms with E-state index >= 15 is 0 Å². The maximum atomic E-state index is 11.8. The van der Waals surface area contributed by atoms with E-state index in [0.29, 0.717) is 17.2 Å². The normalized spacial score (nSPS) is 11.1. The van der Waals surface area contributed by atoms with Crippen molar-refractivity contribution in [1.29, 1.82) is 0 Å². The monoisotopic (exact) mass is 468 g/mol. The Labute approximate surface area is 163 Å². The second-order valence-corrected chi connectivity index (χ2v) is 7.40. The molecule has 7 heteroatoms. The van der Waals surface area contributed by atoms with Crippen molar-refractivity contribution in [1.82, 2.24) is 5.43 Å². The first-order chi connectivity index (χ1) is 11.9. The molecule has 0 fully saturated rings. The molecule has 5 nitrogen and oxygen atoms in total. The summed E-state index contributed by atoms with van der Waals surface area (Å²) in [5, 5.41) is 13.5. The molecule has 0 aliphatic carbocycles. The number of carbonyl (C=O) groups excluding carboxylic acids is 1. The highest BCUT2D eigenvalue weighted by molar-refractivity contribution is 9.10. The van der Waals surface area contributed by atoms with Crippen LogP contribution in [0.5, 0.6) is 11.5 Å². The van der Waals surface area contributed by atoms with Crippen molar-refractivity contribution >= 4 is 44.0 Å². The van der Waals surface area contributed by atoms with Crippen LogP contribution in [0.3, 0.4) is 0 Å². The molecule has 2 aromatic carbocycles. The zero-order valence-corrected chi connectivity index (χ0v) is 17.0. The van der Waals surface area contributed by atoms with E-state index < -0.39 is 5.91 Å². The van der Waals surface area contributed by atoms with Crippen molar-refractivity contribution in [3.05, 3.63) is 56.5 Å². The lowest BCUT2D eigenvalue weighted by Gasteiger charge is -2.10. The summed E-state index contributed by atoms with van der Waals surface area (Å²) in [6.07, 6.45) is 1.37. The number of benzene rings is 2. The minimum Gasteiger partial charge on any atom is -0.507 e. The van der Waals surface area contributed by atoms with Gasteiger partial charge in [-0.2, -0.15) is 5.10 Å². The highest BCUT2D eigenvalue weighted by atomic mass is 79.9. The molecule has 1 amide bonds. The van der Waals surface area contributed by atoms with Gasteiger partial charge in [0.05, 0.1) is 10.7 Å². The Balaban J connectivity index is 1.88. The molecule has 0 unspecified atom stereocenters. The zero-order valence-electron chi connectivity index (χ0n) is 13.8. The fourth-order valence-electron chi connectivity index (χ4n) is 1.97. The first-order valence-electron chi connectivity index (χ1n) is 7.59. The average Bonchev–Trinajstić information content (AvgIpc) is 2.56. The van der Waals surface area contributed by atoms with Crippen LogP contribution in [0.1, 0.15) is 30.9 Å². The van der Waals surface area contributed by atoms with E-state index in [9.17, 15) is 9.90 Å². The van der Waals surface area contributed by atoms with Crippen LogP contribution in [0.15, 0.2) is 50.4 Å². The summed E-state index contributed by atoms with van der Waals surface area (Å²) in [6, 6.07) is 10.7. The number of amides is 1. The molecule has 0 bridgehead atoms. The van der Waals surface area contributed by atoms with Crippen LogP contribution in [0.25, 0.3) is 0 Å². The Morgan fingerprint density at radius 2 is 2.04 bits per heavy atom. The second kappa shape index (κ2) is 9.01. The lowest BCUT2D eigenvalue weighted by molar-refractivity contribution is -0.123. The molecule has 132 valence electrons. The molecule has 0 saturated heterocycles. The molecule has 2 rings (SSSR count). The van der Waals surface area contributed by atoms with Gasteiger partial charge in [-0.05, 0) is 57.7 Å². The molecule has 25 heavy (non-hydrogen) atoms. The number of aromatic hydroxyl groups is 1. The van der Waals surface area contributed by atoms with Gasteiger partial charge in [0, 0.05) is 10.0 Å². The van der Waals surface area contributed by atoms with Crippen LogP contribution in [0.2, 0.25) is 0 Å². The van der Waals surface area contributed by atoms with Gasteiger partial charge >= 0.3 is 0 Å². The van der Waals surface area contributed by atoms with E-state index in [1.165, 1.54) is 17.8 Å². The first kappa shape index (κ1) is 19.5. The fourth-order valence-corrected chi connectivity index (χ4v) is 2.86. The van der Waals surface area contributed by atoms with E-state index in [-0.39, 0.29) is 12.4 Å². The minimum atomic E-state index is -0.398. The Morgan fingerprint density at radius 1 is 1.28 bits per heavy atom. The second-order valence-electron chi connectivity index (χ2n) is 5.63. The van der Waals surface area contributed by atoms with Crippen LogP contribution in [-0.4, -0.2) is 23.8 Å². The molecule has 0 radical (unpaired) electrons. The topological polar surface area (TPSA) is 70.9 Å². The van der Waals surface area contributed by atoms with Gasteiger partial charge in [-0.25, -0.2) is 5.43 Å². The van der Waals surface area contributed by atoms with Gasteiger partial charge in [-0.3, -0.25) is 4.79 Å². The third-order valence-electron chi connectivity index (χ3n) is 3.36. The van der Waals surface area contributed by atoms with E-state index in [2.05, 4.69) is 56.2 Å². The van der Waals surface area contributed by atoms with Crippen LogP contribution in [0.4, 0.5) is 0 Å². The molecule has 0 saturated carbocycles. The van der Waals surface area contributed by atoms with Crippen molar-refractivity contribution in [2.45, 2.75) is 19.8 Å². The summed E-state index contributed by atoms with van der Waals surface area (Å²) in [5.74, 6) is 0.683. The molecule has 0 spiro atoms. The number of nitrogens with zero attached hydrogens (tertiary/aromatic N) is 1. The van der Waals surface area contributed by atoms with E-state index in [4.69, 9.17) is 4.74 Å². The van der Waals surface area contributed by atoms with Gasteiger partial charge in [-0.1, -0.05) is 35.8 Å². The lowest BCUT2D eigenvalue weighted by Crippen LogP contribution is -2.24. The van der Waals surface area contributed by atoms with Crippen molar-refractivity contribution < 1.29 is 14.6 Å². The minimum absolute atomic E-state index is 0.0756. The van der Waals surface area contributed by atoms with Crippen LogP contribution >= 0.6 is 31.9 Å². The summed E-state index contributed by atoms with van der Waals surface area (Å²) >= 11 is 6.75. The Morgan fingerprint density at radius 3 is 2.72 bits per heavy atom. The standard InChI is InChI=1S/C18H18Br2N2O3/c1-11(2)12-3-6-17(15(20)8-12)25-10-18(24)22-21-9-13-7-14(19)4-5-16(13)23/h3-9,11,23H,10H2,1-2H3,(H,22,24)/b21-9+.